The summed E-state index contributed by atoms with van der Waals surface area (Å²) in [6.45, 7) is 1.57. The van der Waals surface area contributed by atoms with E-state index in [0.29, 0.717) is 5.56 Å². The molecule has 0 aliphatic rings. The minimum atomic E-state index is -2.71. The van der Waals surface area contributed by atoms with E-state index in [-0.39, 0.29) is 33.7 Å². The Kier molecular flexibility index (Phi) is 5.22. The topological polar surface area (TPSA) is 85.1 Å². The van der Waals surface area contributed by atoms with Gasteiger partial charge in [0.1, 0.15) is 5.03 Å². The molecule has 0 radical (unpaired) electrons. The summed E-state index contributed by atoms with van der Waals surface area (Å²) in [5.74, 6) is -3.38. The van der Waals surface area contributed by atoms with Crippen LogP contribution in [0, 0.1) is 17.0 Å². The van der Waals surface area contributed by atoms with Gasteiger partial charge in [-0.3, -0.25) is 14.9 Å². The van der Waals surface area contributed by atoms with Gasteiger partial charge >= 0.3 is 0 Å². The quantitative estimate of drug-likeness (QED) is 0.508. The Morgan fingerprint density at radius 2 is 2.13 bits per heavy atom. The molecule has 0 bridgehead atoms. The average molecular weight is 339 g/mol. The number of halogens is 2. The van der Waals surface area contributed by atoms with Crippen molar-refractivity contribution in [3.8, 4) is 0 Å². The van der Waals surface area contributed by atoms with Crippen LogP contribution in [0.2, 0.25) is 0 Å². The van der Waals surface area contributed by atoms with Crippen molar-refractivity contribution in [3.63, 3.8) is 0 Å². The van der Waals surface area contributed by atoms with E-state index in [1.807, 2.05) is 0 Å². The summed E-state index contributed by atoms with van der Waals surface area (Å²) < 4.78 is 25.0. The Bertz CT molecular complexity index is 756. The van der Waals surface area contributed by atoms with E-state index < -0.39 is 16.6 Å². The van der Waals surface area contributed by atoms with Gasteiger partial charge in [0, 0.05) is 23.5 Å². The molecule has 2 aromatic rings. The van der Waals surface area contributed by atoms with Gasteiger partial charge in [0.15, 0.2) is 0 Å². The third kappa shape index (κ3) is 4.22. The highest BCUT2D eigenvalue weighted by molar-refractivity contribution is 7.99. The molecule has 1 aromatic carbocycles. The van der Waals surface area contributed by atoms with E-state index in [0.717, 1.165) is 0 Å². The zero-order valence-electron chi connectivity index (χ0n) is 11.8. The maximum absolute atomic E-state index is 12.5. The fourth-order valence-electron chi connectivity index (χ4n) is 1.82. The van der Waals surface area contributed by atoms with Gasteiger partial charge in [-0.1, -0.05) is 6.07 Å². The van der Waals surface area contributed by atoms with Gasteiger partial charge < -0.3 is 5.32 Å². The van der Waals surface area contributed by atoms with Crippen molar-refractivity contribution in [2.45, 2.75) is 17.7 Å². The van der Waals surface area contributed by atoms with Crippen LogP contribution in [0.3, 0.4) is 0 Å². The van der Waals surface area contributed by atoms with Crippen LogP contribution in [0.15, 0.2) is 41.6 Å². The molecule has 0 aliphatic heterocycles. The fourth-order valence-corrected chi connectivity index (χ4v) is 2.40. The third-order valence-corrected chi connectivity index (χ3v) is 3.61. The number of thioether (sulfide) groups is 1. The average Bonchev–Trinajstić information content (AvgIpc) is 2.48. The maximum atomic E-state index is 12.5. The molecule has 120 valence electrons. The summed E-state index contributed by atoms with van der Waals surface area (Å²) in [7, 11) is 0. The second-order valence-corrected chi connectivity index (χ2v) is 5.43. The molecule has 1 amide bonds. The molecule has 23 heavy (non-hydrogen) atoms. The normalized spacial score (nSPS) is 10.6. The molecule has 1 aromatic heterocycles. The Morgan fingerprint density at radius 1 is 1.39 bits per heavy atom. The standard InChI is InChI=1S/C14H11F2N3O3S/c1-8-4-5-9(7-11(8)19(21)22)18-12(20)10-3-2-6-17-13(10)23-14(15)16/h2-7,14H,1H3,(H,18,20). The highest BCUT2D eigenvalue weighted by Gasteiger charge is 2.18. The van der Waals surface area contributed by atoms with Gasteiger partial charge in [0.05, 0.1) is 10.5 Å². The fraction of sp³-hybridized carbons (Fsp3) is 0.143. The monoisotopic (exact) mass is 339 g/mol. The van der Waals surface area contributed by atoms with E-state index in [1.165, 1.54) is 36.5 Å². The number of aromatic nitrogens is 1. The van der Waals surface area contributed by atoms with Gasteiger partial charge in [-0.15, -0.1) is 0 Å². The number of benzene rings is 1. The summed E-state index contributed by atoms with van der Waals surface area (Å²) in [5, 5.41) is 13.2. The summed E-state index contributed by atoms with van der Waals surface area (Å²) in [6.07, 6.45) is 1.30. The Labute approximate surface area is 134 Å². The molecule has 0 fully saturated rings. The lowest BCUT2D eigenvalue weighted by Crippen LogP contribution is -2.14. The first-order valence-electron chi connectivity index (χ1n) is 6.34. The van der Waals surface area contributed by atoms with Gasteiger partial charge in [0.25, 0.3) is 17.4 Å². The van der Waals surface area contributed by atoms with Crippen molar-refractivity contribution in [1.29, 1.82) is 0 Å². The predicted octanol–water partition coefficient (Wildman–Crippen LogP) is 3.87. The van der Waals surface area contributed by atoms with Gasteiger partial charge in [-0.2, -0.15) is 8.78 Å². The molecular weight excluding hydrogens is 328 g/mol. The molecule has 9 heteroatoms. The Balaban J connectivity index is 2.26. The van der Waals surface area contributed by atoms with Gasteiger partial charge in [-0.25, -0.2) is 4.98 Å². The third-order valence-electron chi connectivity index (χ3n) is 2.88. The van der Waals surface area contributed by atoms with Crippen LogP contribution < -0.4 is 5.32 Å². The Morgan fingerprint density at radius 3 is 2.78 bits per heavy atom. The minimum Gasteiger partial charge on any atom is -0.322 e. The van der Waals surface area contributed by atoms with E-state index in [9.17, 15) is 23.7 Å². The molecule has 0 aliphatic carbocycles. The number of alkyl halides is 2. The first kappa shape index (κ1) is 16.8. The number of nitrogens with one attached hydrogen (secondary N) is 1. The Hall–Kier alpha value is -2.55. The van der Waals surface area contributed by atoms with Crippen LogP contribution in [0.1, 0.15) is 15.9 Å². The number of hydrogen-bond acceptors (Lipinski definition) is 5. The summed E-state index contributed by atoms with van der Waals surface area (Å²) in [6, 6.07) is 7.00. The van der Waals surface area contributed by atoms with Crippen LogP contribution in [-0.2, 0) is 0 Å². The van der Waals surface area contributed by atoms with Crippen molar-refractivity contribution >= 4 is 29.0 Å². The first-order chi connectivity index (χ1) is 10.9. The zero-order chi connectivity index (χ0) is 17.0. The molecule has 2 rings (SSSR count). The molecule has 0 atom stereocenters. The summed E-state index contributed by atoms with van der Waals surface area (Å²) in [5.41, 5.74) is 0.477. The summed E-state index contributed by atoms with van der Waals surface area (Å²) >= 11 is 0.161. The minimum absolute atomic E-state index is 0.0268. The molecule has 0 unspecified atom stereocenters. The molecule has 1 heterocycles. The van der Waals surface area contributed by atoms with E-state index in [4.69, 9.17) is 0 Å². The van der Waals surface area contributed by atoms with Crippen molar-refractivity contribution in [1.82, 2.24) is 4.98 Å². The van der Waals surface area contributed by atoms with Crippen LogP contribution >= 0.6 is 11.8 Å². The van der Waals surface area contributed by atoms with Crippen molar-refractivity contribution < 1.29 is 18.5 Å². The molecule has 0 saturated heterocycles. The largest absolute Gasteiger partial charge is 0.322 e. The van der Waals surface area contributed by atoms with Crippen molar-refractivity contribution in [3.05, 3.63) is 57.8 Å². The second-order valence-electron chi connectivity index (χ2n) is 4.45. The van der Waals surface area contributed by atoms with E-state index in [1.54, 1.807) is 6.92 Å². The highest BCUT2D eigenvalue weighted by atomic mass is 32.2. The van der Waals surface area contributed by atoms with Crippen LogP contribution in [-0.4, -0.2) is 21.6 Å². The lowest BCUT2D eigenvalue weighted by atomic mass is 10.2. The lowest BCUT2D eigenvalue weighted by molar-refractivity contribution is -0.385. The smallest absolute Gasteiger partial charge is 0.290 e. The number of carbonyl (C=O) groups excluding carboxylic acids is 1. The zero-order valence-corrected chi connectivity index (χ0v) is 12.6. The highest BCUT2D eigenvalue weighted by Crippen LogP contribution is 2.27. The maximum Gasteiger partial charge on any atom is 0.290 e. The first-order valence-corrected chi connectivity index (χ1v) is 7.22. The number of nitro groups is 1. The number of pyridine rings is 1. The SMILES string of the molecule is Cc1ccc(NC(=O)c2cccnc2SC(F)F)cc1[N+](=O)[O-]. The van der Waals surface area contributed by atoms with E-state index >= 15 is 0 Å². The number of anilines is 1. The van der Waals surface area contributed by atoms with Crippen molar-refractivity contribution in [2.24, 2.45) is 0 Å². The van der Waals surface area contributed by atoms with Crippen LogP contribution in [0.5, 0.6) is 0 Å². The summed E-state index contributed by atoms with van der Waals surface area (Å²) in [4.78, 5) is 26.3. The molecule has 1 N–H and O–H groups in total. The molecule has 0 saturated carbocycles. The number of rotatable bonds is 5. The number of hydrogen-bond donors (Lipinski definition) is 1. The number of amides is 1. The number of nitrogens with zero attached hydrogens (tertiary/aromatic N) is 2. The van der Waals surface area contributed by atoms with Crippen molar-refractivity contribution in [2.75, 3.05) is 5.32 Å². The number of aryl methyl sites for hydroxylation is 1. The number of nitro benzene ring substituents is 1. The second kappa shape index (κ2) is 7.14. The molecule has 0 spiro atoms. The van der Waals surface area contributed by atoms with Crippen LogP contribution in [0.4, 0.5) is 20.2 Å². The van der Waals surface area contributed by atoms with E-state index in [2.05, 4.69) is 10.3 Å². The molecule has 6 nitrogen and oxygen atoms in total. The number of carbonyl (C=O) groups is 1. The van der Waals surface area contributed by atoms with Gasteiger partial charge in [-0.05, 0) is 36.9 Å². The predicted molar refractivity (Wildman–Crippen MR) is 81.9 cm³/mol. The van der Waals surface area contributed by atoms with Crippen LogP contribution in [0.25, 0.3) is 0 Å². The molecular formula is C14H11F2N3O3S. The van der Waals surface area contributed by atoms with Gasteiger partial charge in [0.2, 0.25) is 0 Å². The lowest BCUT2D eigenvalue weighted by Gasteiger charge is -2.09.